The quantitative estimate of drug-likeness (QED) is 0.263. The third kappa shape index (κ3) is 3.91. The third-order valence-electron chi connectivity index (χ3n) is 7.13. The number of nitrogens with zero attached hydrogens (tertiary/aromatic N) is 4. The minimum Gasteiger partial charge on any atom is -0.268 e. The molecule has 2 aromatic carbocycles. The molecule has 1 atom stereocenters. The summed E-state index contributed by atoms with van der Waals surface area (Å²) in [5.41, 5.74) is 3.55. The molecule has 0 spiro atoms. The normalized spacial score (nSPS) is 16.1. The molecule has 0 N–H and O–H groups in total. The molecule has 0 radical (unpaired) electrons. The van der Waals surface area contributed by atoms with Gasteiger partial charge in [-0.25, -0.2) is 8.97 Å². The van der Waals surface area contributed by atoms with Crippen molar-refractivity contribution >= 4 is 39.1 Å². The Balaban J connectivity index is 1.58. The van der Waals surface area contributed by atoms with E-state index in [1.165, 1.54) is 16.0 Å². The Morgan fingerprint density at radius 1 is 1.03 bits per heavy atom. The van der Waals surface area contributed by atoms with Crippen LogP contribution in [0.5, 0.6) is 0 Å². The maximum Gasteiger partial charge on any atom is 0.268 e. The Morgan fingerprint density at radius 3 is 2.46 bits per heavy atom. The Kier molecular flexibility index (Phi) is 5.57. The molecule has 6 rings (SSSR count). The van der Waals surface area contributed by atoms with Gasteiger partial charge in [0.25, 0.3) is 5.56 Å². The number of aryl methyl sites for hydroxylation is 1. The monoisotopic (exact) mass is 500 g/mol. The minimum absolute atomic E-state index is 0.0115. The minimum atomic E-state index is 0.0115. The van der Waals surface area contributed by atoms with Gasteiger partial charge < -0.3 is 0 Å². The van der Waals surface area contributed by atoms with E-state index in [1.807, 2.05) is 36.4 Å². The molecule has 35 heavy (non-hydrogen) atoms. The van der Waals surface area contributed by atoms with E-state index in [4.69, 9.17) is 0 Å². The zero-order valence-corrected chi connectivity index (χ0v) is 21.8. The van der Waals surface area contributed by atoms with E-state index in [0.717, 1.165) is 46.1 Å². The molecular formula is C28H28N4OS2. The van der Waals surface area contributed by atoms with E-state index in [-0.39, 0.29) is 11.0 Å². The van der Waals surface area contributed by atoms with Crippen LogP contribution in [0.25, 0.3) is 21.7 Å². The molecule has 178 valence electrons. The van der Waals surface area contributed by atoms with Crippen LogP contribution in [0, 0.1) is 11.3 Å². The number of benzene rings is 2. The summed E-state index contributed by atoms with van der Waals surface area (Å²) in [7, 11) is 0. The predicted octanol–water partition coefficient (Wildman–Crippen LogP) is 6.54. The zero-order valence-electron chi connectivity index (χ0n) is 20.2. The summed E-state index contributed by atoms with van der Waals surface area (Å²) in [4.78, 5) is 16.4. The van der Waals surface area contributed by atoms with Gasteiger partial charge in [-0.15, -0.1) is 21.5 Å². The van der Waals surface area contributed by atoms with Gasteiger partial charge in [0, 0.05) is 10.6 Å². The molecular weight excluding hydrogens is 472 g/mol. The average molecular weight is 501 g/mol. The molecule has 0 amide bonds. The highest BCUT2D eigenvalue weighted by molar-refractivity contribution is 7.98. The van der Waals surface area contributed by atoms with Gasteiger partial charge in [-0.2, -0.15) is 0 Å². The van der Waals surface area contributed by atoms with Crippen LogP contribution < -0.4 is 5.56 Å². The van der Waals surface area contributed by atoms with Gasteiger partial charge in [-0.05, 0) is 53.9 Å². The van der Waals surface area contributed by atoms with Crippen LogP contribution in [-0.2, 0) is 18.6 Å². The van der Waals surface area contributed by atoms with Crippen LogP contribution in [0.1, 0.15) is 43.2 Å². The van der Waals surface area contributed by atoms with Crippen molar-refractivity contribution in [2.45, 2.75) is 50.9 Å². The van der Waals surface area contributed by atoms with Crippen molar-refractivity contribution in [1.82, 2.24) is 19.2 Å². The lowest BCUT2D eigenvalue weighted by molar-refractivity contribution is 0.218. The van der Waals surface area contributed by atoms with Crippen LogP contribution >= 0.6 is 23.1 Å². The molecule has 0 bridgehead atoms. The fraction of sp³-hybridized carbons (Fsp3) is 0.321. The maximum absolute atomic E-state index is 14.0. The molecule has 5 nitrogen and oxygen atoms in total. The molecule has 0 unspecified atom stereocenters. The first-order valence-corrected chi connectivity index (χ1v) is 13.9. The molecule has 1 aliphatic carbocycles. The first kappa shape index (κ1) is 22.6. The fourth-order valence-corrected chi connectivity index (χ4v) is 7.47. The molecule has 3 heterocycles. The van der Waals surface area contributed by atoms with Crippen LogP contribution in [0.3, 0.4) is 0 Å². The Morgan fingerprint density at radius 2 is 1.74 bits per heavy atom. The molecule has 5 aromatic rings. The molecule has 1 aliphatic rings. The molecule has 3 aromatic heterocycles. The van der Waals surface area contributed by atoms with Gasteiger partial charge in [0.1, 0.15) is 4.83 Å². The SMILES string of the molecule is CC(C)(C)[C@@H]1CCc2c(sc3c2c(=O)n(-c2ccccc2)c2nnc(SCc4ccccc4)n32)C1. The summed E-state index contributed by atoms with van der Waals surface area (Å²) < 4.78 is 3.86. The smallest absolute Gasteiger partial charge is 0.268 e. The first-order valence-electron chi connectivity index (χ1n) is 12.1. The Labute approximate surface area is 212 Å². The lowest BCUT2D eigenvalue weighted by Gasteiger charge is -2.33. The average Bonchev–Trinajstić information content (AvgIpc) is 3.45. The second-order valence-corrected chi connectivity index (χ2v) is 12.4. The van der Waals surface area contributed by atoms with Crippen molar-refractivity contribution in [2.75, 3.05) is 0 Å². The van der Waals surface area contributed by atoms with Gasteiger partial charge in [-0.3, -0.25) is 4.79 Å². The van der Waals surface area contributed by atoms with Crippen molar-refractivity contribution in [3.05, 3.63) is 87.0 Å². The lowest BCUT2D eigenvalue weighted by Crippen LogP contribution is -2.27. The number of hydrogen-bond donors (Lipinski definition) is 0. The summed E-state index contributed by atoms with van der Waals surface area (Å²) in [6, 6.07) is 20.2. The van der Waals surface area contributed by atoms with Crippen molar-refractivity contribution in [3.8, 4) is 5.69 Å². The van der Waals surface area contributed by atoms with Gasteiger partial charge >= 0.3 is 0 Å². The van der Waals surface area contributed by atoms with Crippen molar-refractivity contribution < 1.29 is 0 Å². The van der Waals surface area contributed by atoms with Crippen LogP contribution in [-0.4, -0.2) is 19.2 Å². The predicted molar refractivity (Wildman–Crippen MR) is 145 cm³/mol. The van der Waals surface area contributed by atoms with Crippen molar-refractivity contribution in [3.63, 3.8) is 0 Å². The third-order valence-corrected chi connectivity index (χ3v) is 9.37. The van der Waals surface area contributed by atoms with Gasteiger partial charge in [0.2, 0.25) is 5.78 Å². The van der Waals surface area contributed by atoms with Crippen LogP contribution in [0.2, 0.25) is 0 Å². The Hall–Kier alpha value is -2.90. The largest absolute Gasteiger partial charge is 0.268 e. The standard InChI is InChI=1S/C28H28N4OS2/c1-28(2,3)19-14-15-21-22(16-19)35-25-23(21)24(33)31(20-12-8-5-9-13-20)26-29-30-27(32(25)26)34-17-18-10-6-4-7-11-18/h4-13,19H,14-17H2,1-3H3/t19-/m1/s1. The first-order chi connectivity index (χ1) is 16.9. The van der Waals surface area contributed by atoms with E-state index in [1.54, 1.807) is 27.7 Å². The van der Waals surface area contributed by atoms with E-state index in [0.29, 0.717) is 11.7 Å². The summed E-state index contributed by atoms with van der Waals surface area (Å²) in [6.45, 7) is 6.98. The second kappa shape index (κ2) is 8.64. The topological polar surface area (TPSA) is 52.2 Å². The lowest BCUT2D eigenvalue weighted by atomic mass is 9.72. The van der Waals surface area contributed by atoms with Gasteiger partial charge in [0.05, 0.1) is 11.1 Å². The van der Waals surface area contributed by atoms with Crippen molar-refractivity contribution in [2.24, 2.45) is 11.3 Å². The molecule has 0 saturated heterocycles. The number of fused-ring (bicyclic) bond motifs is 5. The summed E-state index contributed by atoms with van der Waals surface area (Å²) >= 11 is 3.43. The van der Waals surface area contributed by atoms with E-state index >= 15 is 0 Å². The summed E-state index contributed by atoms with van der Waals surface area (Å²) in [5.74, 6) is 1.99. The van der Waals surface area contributed by atoms with Crippen LogP contribution in [0.4, 0.5) is 0 Å². The maximum atomic E-state index is 14.0. The van der Waals surface area contributed by atoms with E-state index in [9.17, 15) is 4.79 Å². The fourth-order valence-electron chi connectivity index (χ4n) is 5.10. The summed E-state index contributed by atoms with van der Waals surface area (Å²) in [6.07, 6.45) is 3.09. The van der Waals surface area contributed by atoms with Crippen molar-refractivity contribution in [1.29, 1.82) is 0 Å². The Bertz CT molecular complexity index is 1580. The van der Waals surface area contributed by atoms with Crippen LogP contribution in [0.15, 0.2) is 70.6 Å². The summed E-state index contributed by atoms with van der Waals surface area (Å²) in [5, 5.41) is 10.8. The second-order valence-electron chi connectivity index (χ2n) is 10.4. The number of thiophene rings is 1. The number of aromatic nitrogens is 4. The van der Waals surface area contributed by atoms with Gasteiger partial charge in [0.15, 0.2) is 5.16 Å². The highest BCUT2D eigenvalue weighted by Gasteiger charge is 2.33. The zero-order chi connectivity index (χ0) is 24.2. The molecule has 0 saturated carbocycles. The highest BCUT2D eigenvalue weighted by atomic mass is 32.2. The number of thioether (sulfide) groups is 1. The van der Waals surface area contributed by atoms with Gasteiger partial charge in [-0.1, -0.05) is 81.1 Å². The number of para-hydroxylation sites is 1. The molecule has 0 aliphatic heterocycles. The number of hydrogen-bond acceptors (Lipinski definition) is 5. The highest BCUT2D eigenvalue weighted by Crippen LogP contribution is 2.43. The number of rotatable bonds is 4. The van der Waals surface area contributed by atoms with E-state index < -0.39 is 0 Å². The van der Waals surface area contributed by atoms with E-state index in [2.05, 4.69) is 59.6 Å². The molecule has 0 fully saturated rings. The molecule has 7 heteroatoms.